The fourth-order valence-electron chi connectivity index (χ4n) is 2.89. The van der Waals surface area contributed by atoms with E-state index in [0.29, 0.717) is 24.5 Å². The van der Waals surface area contributed by atoms with Crippen LogP contribution in [0.2, 0.25) is 0 Å². The number of methoxy groups -OCH3 is 1. The topological polar surface area (TPSA) is 82.2 Å². The van der Waals surface area contributed by atoms with Crippen molar-refractivity contribution in [2.24, 2.45) is 7.05 Å². The van der Waals surface area contributed by atoms with Gasteiger partial charge in [0, 0.05) is 13.6 Å². The zero-order valence-electron chi connectivity index (χ0n) is 14.4. The third-order valence-corrected chi connectivity index (χ3v) is 4.18. The zero-order chi connectivity index (χ0) is 18.0. The highest BCUT2D eigenvalue weighted by molar-refractivity contribution is 5.84. The third kappa shape index (κ3) is 3.26. The highest BCUT2D eigenvalue weighted by atomic mass is 16.6. The summed E-state index contributed by atoms with van der Waals surface area (Å²) in [5, 5.41) is 20.9. The Morgan fingerprint density at radius 3 is 2.64 bits per heavy atom. The lowest BCUT2D eigenvalue weighted by molar-refractivity contribution is -0.384. The van der Waals surface area contributed by atoms with Crippen LogP contribution < -0.4 is 10.1 Å². The highest BCUT2D eigenvalue weighted by Gasteiger charge is 2.25. The van der Waals surface area contributed by atoms with Crippen molar-refractivity contribution in [2.75, 3.05) is 12.4 Å². The van der Waals surface area contributed by atoms with Crippen LogP contribution in [0.4, 0.5) is 11.5 Å². The van der Waals surface area contributed by atoms with Crippen LogP contribution in [-0.4, -0.2) is 21.8 Å². The van der Waals surface area contributed by atoms with E-state index in [4.69, 9.17) is 4.74 Å². The summed E-state index contributed by atoms with van der Waals surface area (Å²) < 4.78 is 6.76. The summed E-state index contributed by atoms with van der Waals surface area (Å²) in [5.74, 6) is 1.24. The number of anilines is 1. The number of aryl methyl sites for hydroxylation is 2. The Balaban J connectivity index is 1.85. The molecule has 0 atom stereocenters. The van der Waals surface area contributed by atoms with Crippen molar-refractivity contribution in [2.45, 2.75) is 19.9 Å². The zero-order valence-corrected chi connectivity index (χ0v) is 14.4. The van der Waals surface area contributed by atoms with Crippen molar-refractivity contribution in [3.8, 4) is 5.75 Å². The second-order valence-corrected chi connectivity index (χ2v) is 5.78. The minimum Gasteiger partial charge on any atom is -0.497 e. The molecule has 25 heavy (non-hydrogen) atoms. The van der Waals surface area contributed by atoms with Crippen LogP contribution in [0.3, 0.4) is 0 Å². The van der Waals surface area contributed by atoms with E-state index in [0.717, 1.165) is 22.1 Å². The van der Waals surface area contributed by atoms with Crippen LogP contribution in [0.15, 0.2) is 36.4 Å². The number of nitrogens with zero attached hydrogens (tertiary/aromatic N) is 3. The molecule has 3 rings (SSSR count). The molecule has 0 unspecified atom stereocenters. The van der Waals surface area contributed by atoms with Crippen molar-refractivity contribution >= 4 is 22.3 Å². The molecule has 0 aliphatic heterocycles. The Morgan fingerprint density at radius 2 is 1.96 bits per heavy atom. The molecule has 1 heterocycles. The van der Waals surface area contributed by atoms with E-state index in [2.05, 4.69) is 16.5 Å². The molecule has 0 saturated carbocycles. The summed E-state index contributed by atoms with van der Waals surface area (Å²) >= 11 is 0. The van der Waals surface area contributed by atoms with Gasteiger partial charge in [0.2, 0.25) is 5.82 Å². The Kier molecular flexibility index (Phi) is 4.56. The number of rotatable bonds is 6. The van der Waals surface area contributed by atoms with Crippen molar-refractivity contribution in [1.82, 2.24) is 9.78 Å². The SMILES string of the molecule is CCc1nn(C)c(NCc2ccc3cc(OC)ccc3c2)c1[N+](=O)[O-]. The van der Waals surface area contributed by atoms with Gasteiger partial charge in [0.05, 0.1) is 12.0 Å². The Morgan fingerprint density at radius 1 is 1.24 bits per heavy atom. The molecule has 7 heteroatoms. The smallest absolute Gasteiger partial charge is 0.333 e. The summed E-state index contributed by atoms with van der Waals surface area (Å²) in [7, 11) is 3.35. The Labute approximate surface area is 145 Å². The molecule has 0 bridgehead atoms. The molecule has 7 nitrogen and oxygen atoms in total. The quantitative estimate of drug-likeness (QED) is 0.547. The van der Waals surface area contributed by atoms with Crippen LogP contribution in [0.1, 0.15) is 18.2 Å². The molecule has 0 fully saturated rings. The average molecular weight is 340 g/mol. The molecule has 0 aliphatic carbocycles. The number of ether oxygens (including phenoxy) is 1. The minimum atomic E-state index is -0.374. The van der Waals surface area contributed by atoms with Gasteiger partial charge in [0.25, 0.3) is 0 Å². The first kappa shape index (κ1) is 16.8. The first-order chi connectivity index (χ1) is 12.0. The van der Waals surface area contributed by atoms with Crippen LogP contribution in [0, 0.1) is 10.1 Å². The molecular weight excluding hydrogens is 320 g/mol. The predicted molar refractivity (Wildman–Crippen MR) is 97.1 cm³/mol. The van der Waals surface area contributed by atoms with Crippen LogP contribution >= 0.6 is 0 Å². The standard InChI is InChI=1S/C18H20N4O3/c1-4-16-17(22(23)24)18(21(2)20-16)19-11-12-5-6-14-10-15(25-3)8-7-13(14)9-12/h5-10,19H,4,11H2,1-3H3. The Bertz CT molecular complexity index is 933. The molecule has 3 aromatic rings. The molecule has 2 aromatic carbocycles. The maximum absolute atomic E-state index is 11.4. The molecule has 0 spiro atoms. The maximum atomic E-state index is 11.4. The second-order valence-electron chi connectivity index (χ2n) is 5.78. The lowest BCUT2D eigenvalue weighted by Crippen LogP contribution is -2.06. The van der Waals surface area contributed by atoms with Crippen LogP contribution in [-0.2, 0) is 20.0 Å². The average Bonchev–Trinajstić information content (AvgIpc) is 2.95. The van der Waals surface area contributed by atoms with Crippen molar-refractivity contribution in [1.29, 1.82) is 0 Å². The minimum absolute atomic E-state index is 0.0514. The molecule has 130 valence electrons. The Hall–Kier alpha value is -3.09. The molecular formula is C18H20N4O3. The van der Waals surface area contributed by atoms with Gasteiger partial charge in [0.1, 0.15) is 11.4 Å². The molecule has 1 aromatic heterocycles. The lowest BCUT2D eigenvalue weighted by atomic mass is 10.1. The maximum Gasteiger partial charge on any atom is 0.333 e. The molecule has 0 saturated heterocycles. The van der Waals surface area contributed by atoms with E-state index in [-0.39, 0.29) is 10.6 Å². The van der Waals surface area contributed by atoms with E-state index in [1.165, 1.54) is 4.68 Å². The van der Waals surface area contributed by atoms with Crippen molar-refractivity contribution in [3.05, 3.63) is 57.8 Å². The van der Waals surface area contributed by atoms with Crippen LogP contribution in [0.25, 0.3) is 10.8 Å². The van der Waals surface area contributed by atoms with E-state index in [1.54, 1.807) is 14.2 Å². The normalized spacial score (nSPS) is 10.8. The molecule has 0 radical (unpaired) electrons. The monoisotopic (exact) mass is 340 g/mol. The number of hydrogen-bond donors (Lipinski definition) is 1. The highest BCUT2D eigenvalue weighted by Crippen LogP contribution is 2.29. The molecule has 0 aliphatic rings. The first-order valence-electron chi connectivity index (χ1n) is 8.04. The van der Waals surface area contributed by atoms with Gasteiger partial charge in [-0.25, -0.2) is 4.68 Å². The van der Waals surface area contributed by atoms with Gasteiger partial charge in [0.15, 0.2) is 0 Å². The first-order valence-corrected chi connectivity index (χ1v) is 8.04. The second kappa shape index (κ2) is 6.80. The summed E-state index contributed by atoms with van der Waals surface area (Å²) in [4.78, 5) is 11.0. The van der Waals surface area contributed by atoms with E-state index >= 15 is 0 Å². The van der Waals surface area contributed by atoms with Crippen molar-refractivity contribution < 1.29 is 9.66 Å². The van der Waals surface area contributed by atoms with E-state index in [9.17, 15) is 10.1 Å². The van der Waals surface area contributed by atoms with E-state index in [1.807, 2.05) is 37.3 Å². The fraction of sp³-hybridized carbons (Fsp3) is 0.278. The van der Waals surface area contributed by atoms with Crippen molar-refractivity contribution in [3.63, 3.8) is 0 Å². The third-order valence-electron chi connectivity index (χ3n) is 4.18. The van der Waals surface area contributed by atoms with Gasteiger partial charge in [-0.1, -0.05) is 25.1 Å². The summed E-state index contributed by atoms with van der Waals surface area (Å²) in [6.07, 6.45) is 0.518. The summed E-state index contributed by atoms with van der Waals surface area (Å²) in [6.45, 7) is 2.34. The van der Waals surface area contributed by atoms with E-state index < -0.39 is 0 Å². The van der Waals surface area contributed by atoms with Gasteiger partial charge in [-0.05, 0) is 41.0 Å². The fourth-order valence-corrected chi connectivity index (χ4v) is 2.89. The number of benzene rings is 2. The summed E-state index contributed by atoms with van der Waals surface area (Å²) in [6, 6.07) is 12.0. The predicted octanol–water partition coefficient (Wildman–Crippen LogP) is 3.66. The van der Waals surface area contributed by atoms with Gasteiger partial charge in [-0.3, -0.25) is 10.1 Å². The summed E-state index contributed by atoms with van der Waals surface area (Å²) in [5.41, 5.74) is 1.57. The van der Waals surface area contributed by atoms with Gasteiger partial charge >= 0.3 is 5.69 Å². The number of nitro groups is 1. The lowest BCUT2D eigenvalue weighted by Gasteiger charge is -2.08. The van der Waals surface area contributed by atoms with Gasteiger partial charge < -0.3 is 10.1 Å². The largest absolute Gasteiger partial charge is 0.497 e. The number of fused-ring (bicyclic) bond motifs is 1. The number of aromatic nitrogens is 2. The number of hydrogen-bond acceptors (Lipinski definition) is 5. The number of nitrogens with one attached hydrogen (secondary N) is 1. The molecule has 0 amide bonds. The van der Waals surface area contributed by atoms with Crippen LogP contribution in [0.5, 0.6) is 5.75 Å². The molecule has 1 N–H and O–H groups in total. The van der Waals surface area contributed by atoms with Gasteiger partial charge in [-0.15, -0.1) is 0 Å². The van der Waals surface area contributed by atoms with Gasteiger partial charge in [-0.2, -0.15) is 5.10 Å².